The minimum absolute atomic E-state index is 0. The summed E-state index contributed by atoms with van der Waals surface area (Å²) in [5.74, 6) is -1.63. The van der Waals surface area contributed by atoms with Gasteiger partial charge in [0.25, 0.3) is 0 Å². The Morgan fingerprint density at radius 3 is 1.93 bits per heavy atom. The van der Waals surface area contributed by atoms with Crippen LogP contribution in [0, 0.1) is 11.7 Å². The Hall–Kier alpha value is -0.770. The third kappa shape index (κ3) is 6.14. The van der Waals surface area contributed by atoms with Gasteiger partial charge in [0.1, 0.15) is 5.82 Å². The lowest BCUT2D eigenvalue weighted by Crippen LogP contribution is -2.47. The number of hydrogen-bond donors (Lipinski definition) is 1. The van der Waals surface area contributed by atoms with Crippen molar-refractivity contribution in [3.63, 3.8) is 0 Å². The van der Waals surface area contributed by atoms with E-state index < -0.39 is 40.9 Å². The fraction of sp³-hybridized carbons (Fsp3) is 0.684. The van der Waals surface area contributed by atoms with E-state index in [1.807, 2.05) is 0 Å². The van der Waals surface area contributed by atoms with E-state index in [0.717, 1.165) is 19.3 Å². The number of hydrogen-bond acceptors (Lipinski definition) is 2. The predicted molar refractivity (Wildman–Crippen MR) is 105 cm³/mol. The van der Waals surface area contributed by atoms with Crippen LogP contribution in [-0.4, -0.2) is 31.1 Å². The molecule has 1 aromatic carbocycles. The fourth-order valence-electron chi connectivity index (χ4n) is 4.44. The van der Waals surface area contributed by atoms with Gasteiger partial charge >= 0.3 is 12.4 Å². The first-order valence-electron chi connectivity index (χ1n) is 9.51. The zero-order valence-electron chi connectivity index (χ0n) is 16.1. The number of nitrogens with one attached hydrogen (secondary N) is 1. The molecule has 3 rings (SSSR count). The molecule has 30 heavy (non-hydrogen) atoms. The van der Waals surface area contributed by atoms with Crippen molar-refractivity contribution in [2.75, 3.05) is 26.2 Å². The summed E-state index contributed by atoms with van der Waals surface area (Å²) in [4.78, 5) is 1.80. The lowest BCUT2D eigenvalue weighted by molar-refractivity contribution is -0.144. The van der Waals surface area contributed by atoms with E-state index in [1.54, 1.807) is 4.90 Å². The summed E-state index contributed by atoms with van der Waals surface area (Å²) in [6.45, 7) is 1.96. The van der Waals surface area contributed by atoms with Crippen molar-refractivity contribution in [3.8, 4) is 0 Å². The Kier molecular flexibility index (Phi) is 9.72. The summed E-state index contributed by atoms with van der Waals surface area (Å²) in [6.07, 6.45) is -6.20. The minimum atomic E-state index is -5.07. The maximum Gasteiger partial charge on any atom is 0.416 e. The molecule has 1 saturated heterocycles. The Morgan fingerprint density at radius 2 is 1.43 bits per heavy atom. The molecule has 1 aromatic rings. The number of alkyl halides is 6. The van der Waals surface area contributed by atoms with Crippen LogP contribution in [0.1, 0.15) is 54.8 Å². The van der Waals surface area contributed by atoms with Gasteiger partial charge in [-0.1, -0.05) is 19.3 Å². The highest BCUT2D eigenvalue weighted by Crippen LogP contribution is 2.46. The van der Waals surface area contributed by atoms with Crippen molar-refractivity contribution in [2.45, 2.75) is 50.5 Å². The van der Waals surface area contributed by atoms with Crippen LogP contribution >= 0.6 is 24.8 Å². The standard InChI is InChI=1S/C19H23F7N2.2ClH/c20-15-11-13(18(21,22)23)10-14(19(24,25)26)16(15)17(12-4-2-1-3-5-12)28-8-6-27-7-9-28;;/h10-12,17,27H,1-9H2;2*1H/t17-;;/m0../s1. The summed E-state index contributed by atoms with van der Waals surface area (Å²) in [6, 6.07) is -0.597. The smallest absolute Gasteiger partial charge is 0.314 e. The van der Waals surface area contributed by atoms with E-state index in [1.165, 1.54) is 0 Å². The van der Waals surface area contributed by atoms with Crippen LogP contribution in [0.2, 0.25) is 0 Å². The molecule has 0 amide bonds. The summed E-state index contributed by atoms with van der Waals surface area (Å²) in [5, 5.41) is 3.11. The summed E-state index contributed by atoms with van der Waals surface area (Å²) < 4.78 is 95.1. The molecule has 0 unspecified atom stereocenters. The average Bonchev–Trinajstić information content (AvgIpc) is 2.63. The van der Waals surface area contributed by atoms with Crippen LogP contribution in [0.15, 0.2) is 12.1 Å². The van der Waals surface area contributed by atoms with Gasteiger partial charge in [-0.2, -0.15) is 26.3 Å². The SMILES string of the molecule is Cl.Cl.Fc1cc(C(F)(F)F)cc(C(F)(F)F)c1[C@H](C1CCCCC1)N1CCNCC1. The number of rotatable bonds is 3. The molecule has 2 aliphatic rings. The fourth-order valence-corrected chi connectivity index (χ4v) is 4.44. The largest absolute Gasteiger partial charge is 0.416 e. The zero-order chi connectivity index (χ0) is 20.5. The molecule has 1 aliphatic carbocycles. The number of nitrogens with zero attached hydrogens (tertiary/aromatic N) is 1. The predicted octanol–water partition coefficient (Wildman–Crippen LogP) is 6.23. The first-order valence-corrected chi connectivity index (χ1v) is 9.51. The first kappa shape index (κ1) is 27.3. The zero-order valence-corrected chi connectivity index (χ0v) is 17.7. The van der Waals surface area contributed by atoms with E-state index in [4.69, 9.17) is 0 Å². The Morgan fingerprint density at radius 1 is 0.867 bits per heavy atom. The van der Waals surface area contributed by atoms with E-state index >= 15 is 0 Å². The normalized spacial score (nSPS) is 20.2. The highest BCUT2D eigenvalue weighted by Gasteiger charge is 2.44. The first-order chi connectivity index (χ1) is 13.1. The molecule has 0 bridgehead atoms. The van der Waals surface area contributed by atoms with Crippen molar-refractivity contribution >= 4 is 24.8 Å². The molecule has 1 saturated carbocycles. The highest BCUT2D eigenvalue weighted by molar-refractivity contribution is 5.85. The summed E-state index contributed by atoms with van der Waals surface area (Å²) in [7, 11) is 0. The van der Waals surface area contributed by atoms with Gasteiger partial charge in [0.15, 0.2) is 0 Å². The molecule has 1 aliphatic heterocycles. The number of piperazine rings is 1. The van der Waals surface area contributed by atoms with Gasteiger partial charge in [0.2, 0.25) is 0 Å². The molecule has 2 fully saturated rings. The molecule has 1 N–H and O–H groups in total. The molecule has 0 spiro atoms. The van der Waals surface area contributed by atoms with E-state index in [-0.39, 0.29) is 42.9 Å². The minimum Gasteiger partial charge on any atom is -0.314 e. The van der Waals surface area contributed by atoms with Crippen LogP contribution in [0.25, 0.3) is 0 Å². The molecule has 0 aromatic heterocycles. The van der Waals surface area contributed by atoms with Crippen molar-refractivity contribution in [3.05, 3.63) is 34.6 Å². The lowest BCUT2D eigenvalue weighted by Gasteiger charge is -2.42. The van der Waals surface area contributed by atoms with Crippen LogP contribution in [-0.2, 0) is 12.4 Å². The van der Waals surface area contributed by atoms with Crippen molar-refractivity contribution in [1.82, 2.24) is 10.2 Å². The second-order valence-electron chi connectivity index (χ2n) is 7.54. The van der Waals surface area contributed by atoms with Gasteiger partial charge < -0.3 is 5.32 Å². The lowest BCUT2D eigenvalue weighted by atomic mass is 9.78. The van der Waals surface area contributed by atoms with Crippen molar-refractivity contribution in [1.29, 1.82) is 0 Å². The second-order valence-corrected chi connectivity index (χ2v) is 7.54. The van der Waals surface area contributed by atoms with Crippen molar-refractivity contribution < 1.29 is 30.7 Å². The molecule has 0 radical (unpaired) electrons. The average molecular weight is 485 g/mol. The van der Waals surface area contributed by atoms with Crippen LogP contribution < -0.4 is 5.32 Å². The highest BCUT2D eigenvalue weighted by atomic mass is 35.5. The molecule has 2 nitrogen and oxygen atoms in total. The van der Waals surface area contributed by atoms with Gasteiger partial charge in [-0.15, -0.1) is 24.8 Å². The van der Waals surface area contributed by atoms with Gasteiger partial charge in [-0.3, -0.25) is 4.90 Å². The molecular weight excluding hydrogens is 460 g/mol. The third-order valence-corrected chi connectivity index (χ3v) is 5.70. The molecule has 174 valence electrons. The van der Waals surface area contributed by atoms with Gasteiger partial charge in [-0.05, 0) is 30.9 Å². The quantitative estimate of drug-likeness (QED) is 0.511. The molecule has 11 heteroatoms. The Labute approximate surface area is 183 Å². The topological polar surface area (TPSA) is 15.3 Å². The van der Waals surface area contributed by atoms with E-state index in [2.05, 4.69) is 5.32 Å². The van der Waals surface area contributed by atoms with Gasteiger partial charge in [0, 0.05) is 37.8 Å². The van der Waals surface area contributed by atoms with Crippen LogP contribution in [0.4, 0.5) is 30.7 Å². The van der Waals surface area contributed by atoms with Gasteiger partial charge in [0.05, 0.1) is 11.1 Å². The Bertz CT molecular complexity index is 665. The summed E-state index contributed by atoms with van der Waals surface area (Å²) in [5.41, 5.74) is -3.74. The van der Waals surface area contributed by atoms with E-state index in [0.29, 0.717) is 39.0 Å². The maximum atomic E-state index is 14.9. The third-order valence-electron chi connectivity index (χ3n) is 5.70. The molecule has 1 atom stereocenters. The number of benzene rings is 1. The maximum absolute atomic E-state index is 14.9. The summed E-state index contributed by atoms with van der Waals surface area (Å²) >= 11 is 0. The van der Waals surface area contributed by atoms with Crippen molar-refractivity contribution in [2.24, 2.45) is 5.92 Å². The molecular formula is C19H25Cl2F7N2. The monoisotopic (exact) mass is 484 g/mol. The Balaban J connectivity index is 0.00000225. The number of halogens is 9. The van der Waals surface area contributed by atoms with E-state index in [9.17, 15) is 30.7 Å². The van der Waals surface area contributed by atoms with Crippen LogP contribution in [0.5, 0.6) is 0 Å². The molecule has 1 heterocycles. The van der Waals surface area contributed by atoms with Crippen LogP contribution in [0.3, 0.4) is 0 Å². The van der Waals surface area contributed by atoms with Gasteiger partial charge in [-0.25, -0.2) is 4.39 Å². The second kappa shape index (κ2) is 10.7.